The summed E-state index contributed by atoms with van der Waals surface area (Å²) < 4.78 is 13.2. The molecule has 1 aliphatic carbocycles. The third kappa shape index (κ3) is 6.57. The summed E-state index contributed by atoms with van der Waals surface area (Å²) in [5.41, 5.74) is 1.42. The van der Waals surface area contributed by atoms with Gasteiger partial charge in [0.2, 0.25) is 0 Å². The van der Waals surface area contributed by atoms with Gasteiger partial charge in [-0.05, 0) is 68.1 Å². The van der Waals surface area contributed by atoms with E-state index in [0.717, 1.165) is 18.9 Å². The van der Waals surface area contributed by atoms with Gasteiger partial charge in [0.25, 0.3) is 0 Å². The van der Waals surface area contributed by atoms with Crippen molar-refractivity contribution in [3.8, 4) is 0 Å². The highest BCUT2D eigenvalue weighted by molar-refractivity contribution is 6.74. The third-order valence-electron chi connectivity index (χ3n) is 7.02. The normalized spacial score (nSPS) is 29.4. The Bertz CT molecular complexity index is 509. The van der Waals surface area contributed by atoms with Gasteiger partial charge in [0, 0.05) is 0 Å². The number of ether oxygens (including phenoxy) is 1. The van der Waals surface area contributed by atoms with Crippen molar-refractivity contribution in [1.29, 1.82) is 0 Å². The number of hydrogen-bond donors (Lipinski definition) is 0. The molecule has 0 bridgehead atoms. The fourth-order valence-corrected chi connectivity index (χ4v) is 5.05. The summed E-state index contributed by atoms with van der Waals surface area (Å²) in [5, 5.41) is 0.246. The molecule has 1 heterocycles. The van der Waals surface area contributed by atoms with Crippen molar-refractivity contribution in [3.63, 3.8) is 0 Å². The summed E-state index contributed by atoms with van der Waals surface area (Å²) in [7, 11) is -1.76. The molecular formula is C24H44O2Si. The van der Waals surface area contributed by atoms with E-state index >= 15 is 0 Å². The molecule has 3 atom stereocenters. The Hall–Kier alpha value is -0.383. The SMILES string of the molecule is C/C=C/[C@H]1CC[C@H](C)[C@@H](/C(=C/C2CCCCC2)CO[Si](C)(C)C(C)(C)C)O1. The van der Waals surface area contributed by atoms with Gasteiger partial charge in [0.1, 0.15) is 0 Å². The van der Waals surface area contributed by atoms with Crippen molar-refractivity contribution in [1.82, 2.24) is 0 Å². The van der Waals surface area contributed by atoms with Crippen molar-refractivity contribution in [2.24, 2.45) is 11.8 Å². The molecule has 0 aromatic carbocycles. The zero-order chi connectivity index (χ0) is 20.1. The molecule has 2 nitrogen and oxygen atoms in total. The van der Waals surface area contributed by atoms with Crippen molar-refractivity contribution < 1.29 is 9.16 Å². The average molecular weight is 393 g/mol. The lowest BCUT2D eigenvalue weighted by Gasteiger charge is -2.40. The van der Waals surface area contributed by atoms with E-state index in [-0.39, 0.29) is 17.2 Å². The van der Waals surface area contributed by atoms with Gasteiger partial charge < -0.3 is 9.16 Å². The molecule has 3 heteroatoms. The molecule has 2 rings (SSSR count). The maximum atomic E-state index is 6.67. The number of hydrogen-bond acceptors (Lipinski definition) is 2. The summed E-state index contributed by atoms with van der Waals surface area (Å²) in [5.74, 6) is 1.29. The van der Waals surface area contributed by atoms with Gasteiger partial charge in [-0.25, -0.2) is 0 Å². The lowest BCUT2D eigenvalue weighted by molar-refractivity contribution is -0.0402. The first-order chi connectivity index (χ1) is 12.6. The third-order valence-corrected chi connectivity index (χ3v) is 11.5. The highest BCUT2D eigenvalue weighted by Crippen LogP contribution is 2.38. The Morgan fingerprint density at radius 3 is 2.33 bits per heavy atom. The van der Waals surface area contributed by atoms with E-state index in [4.69, 9.17) is 9.16 Å². The molecular weight excluding hydrogens is 348 g/mol. The molecule has 1 aliphatic heterocycles. The van der Waals surface area contributed by atoms with E-state index in [9.17, 15) is 0 Å². The van der Waals surface area contributed by atoms with Crippen molar-refractivity contribution in [2.45, 2.75) is 110 Å². The summed E-state index contributed by atoms with van der Waals surface area (Å²) in [4.78, 5) is 0. The quantitative estimate of drug-likeness (QED) is 0.349. The van der Waals surface area contributed by atoms with E-state index in [1.54, 1.807) is 0 Å². The van der Waals surface area contributed by atoms with Crippen LogP contribution in [0.2, 0.25) is 18.1 Å². The second kappa shape index (κ2) is 9.89. The van der Waals surface area contributed by atoms with Crippen LogP contribution >= 0.6 is 0 Å². The van der Waals surface area contributed by atoms with Gasteiger partial charge in [-0.1, -0.05) is 65.2 Å². The Morgan fingerprint density at radius 1 is 1.07 bits per heavy atom. The average Bonchev–Trinajstić information content (AvgIpc) is 2.60. The summed E-state index contributed by atoms with van der Waals surface area (Å²) in [6, 6.07) is 0. The molecule has 0 spiro atoms. The molecule has 1 saturated carbocycles. The Balaban J connectivity index is 2.19. The van der Waals surface area contributed by atoms with Crippen LogP contribution in [0.4, 0.5) is 0 Å². The minimum absolute atomic E-state index is 0.214. The second-order valence-electron chi connectivity index (χ2n) is 10.4. The predicted octanol–water partition coefficient (Wildman–Crippen LogP) is 7.27. The van der Waals surface area contributed by atoms with Crippen LogP contribution in [0.1, 0.15) is 79.6 Å². The van der Waals surface area contributed by atoms with E-state index in [1.807, 2.05) is 0 Å². The van der Waals surface area contributed by atoms with E-state index in [2.05, 4.69) is 65.9 Å². The van der Waals surface area contributed by atoms with Crippen LogP contribution in [-0.4, -0.2) is 27.1 Å². The smallest absolute Gasteiger partial charge is 0.192 e. The zero-order valence-corrected chi connectivity index (χ0v) is 20.0. The zero-order valence-electron chi connectivity index (χ0n) is 19.0. The topological polar surface area (TPSA) is 18.5 Å². The van der Waals surface area contributed by atoms with Crippen molar-refractivity contribution in [2.75, 3.05) is 6.61 Å². The first-order valence-electron chi connectivity index (χ1n) is 11.3. The minimum atomic E-state index is -1.76. The van der Waals surface area contributed by atoms with Crippen LogP contribution in [0.15, 0.2) is 23.8 Å². The summed E-state index contributed by atoms with van der Waals surface area (Å²) >= 11 is 0. The van der Waals surface area contributed by atoms with Gasteiger partial charge in [-0.15, -0.1) is 0 Å². The van der Waals surface area contributed by atoms with Gasteiger partial charge >= 0.3 is 0 Å². The summed E-state index contributed by atoms with van der Waals surface area (Å²) in [6.45, 7) is 16.9. The van der Waals surface area contributed by atoms with Crippen LogP contribution in [0.3, 0.4) is 0 Å². The largest absolute Gasteiger partial charge is 0.413 e. The molecule has 2 fully saturated rings. The highest BCUT2D eigenvalue weighted by atomic mass is 28.4. The lowest BCUT2D eigenvalue weighted by Crippen LogP contribution is -2.43. The molecule has 0 unspecified atom stereocenters. The van der Waals surface area contributed by atoms with Crippen molar-refractivity contribution in [3.05, 3.63) is 23.8 Å². The monoisotopic (exact) mass is 392 g/mol. The molecule has 0 radical (unpaired) electrons. The van der Waals surface area contributed by atoms with Gasteiger partial charge in [0.15, 0.2) is 8.32 Å². The van der Waals surface area contributed by atoms with Crippen LogP contribution in [0.25, 0.3) is 0 Å². The predicted molar refractivity (Wildman–Crippen MR) is 120 cm³/mol. The van der Waals surface area contributed by atoms with E-state index in [0.29, 0.717) is 5.92 Å². The lowest BCUT2D eigenvalue weighted by atomic mass is 9.84. The summed E-state index contributed by atoms with van der Waals surface area (Å²) in [6.07, 6.45) is 16.6. The Kier molecular flexibility index (Phi) is 8.39. The molecule has 1 saturated heterocycles. The van der Waals surface area contributed by atoms with Gasteiger partial charge in [-0.3, -0.25) is 0 Å². The minimum Gasteiger partial charge on any atom is -0.413 e. The molecule has 0 N–H and O–H groups in total. The first-order valence-corrected chi connectivity index (χ1v) is 14.2. The van der Waals surface area contributed by atoms with Crippen LogP contribution in [0, 0.1) is 11.8 Å². The molecule has 156 valence electrons. The van der Waals surface area contributed by atoms with E-state index in [1.165, 1.54) is 44.1 Å². The Labute approximate surface area is 169 Å². The molecule has 0 amide bonds. The second-order valence-corrected chi connectivity index (χ2v) is 15.2. The van der Waals surface area contributed by atoms with Crippen LogP contribution in [0.5, 0.6) is 0 Å². The van der Waals surface area contributed by atoms with E-state index < -0.39 is 8.32 Å². The molecule has 27 heavy (non-hydrogen) atoms. The number of allylic oxidation sites excluding steroid dienone is 2. The molecule has 0 aromatic heterocycles. The maximum Gasteiger partial charge on any atom is 0.192 e. The number of rotatable bonds is 6. The maximum absolute atomic E-state index is 6.67. The first kappa shape index (κ1) is 22.9. The fourth-order valence-electron chi connectivity index (χ4n) is 4.09. The molecule has 2 aliphatic rings. The Morgan fingerprint density at radius 2 is 1.74 bits per heavy atom. The van der Waals surface area contributed by atoms with Gasteiger partial charge in [-0.2, -0.15) is 0 Å². The fraction of sp³-hybridized carbons (Fsp3) is 0.833. The highest BCUT2D eigenvalue weighted by Gasteiger charge is 2.38. The van der Waals surface area contributed by atoms with Crippen LogP contribution in [-0.2, 0) is 9.16 Å². The van der Waals surface area contributed by atoms with Crippen molar-refractivity contribution >= 4 is 8.32 Å². The molecule has 0 aromatic rings. The standard InChI is InChI=1S/C24H44O2Si/c1-8-12-22-16-15-19(2)23(26-22)21(17-20-13-10-9-11-14-20)18-25-27(6,7)24(3,4)5/h8,12,17,19-20,22-23H,9-11,13-16,18H2,1-7H3/b12-8+,21-17+/t19-,22-,23-/m0/s1. The van der Waals surface area contributed by atoms with Gasteiger partial charge in [0.05, 0.1) is 18.8 Å². The van der Waals surface area contributed by atoms with Crippen LogP contribution < -0.4 is 0 Å².